The molecule has 0 aliphatic heterocycles. The molecular formula is C15H24N2O3S2. The van der Waals surface area contributed by atoms with E-state index in [0.717, 1.165) is 17.1 Å². The van der Waals surface area contributed by atoms with E-state index < -0.39 is 10.0 Å². The van der Waals surface area contributed by atoms with Gasteiger partial charge in [0, 0.05) is 26.3 Å². The normalized spacial score (nSPS) is 13.1. The molecule has 0 saturated carbocycles. The Labute approximate surface area is 137 Å². The number of thioether (sulfide) groups is 1. The molecule has 0 heterocycles. The summed E-state index contributed by atoms with van der Waals surface area (Å²) in [7, 11) is -0.413. The van der Waals surface area contributed by atoms with Gasteiger partial charge in [-0.3, -0.25) is 4.79 Å². The van der Waals surface area contributed by atoms with Gasteiger partial charge < -0.3 is 5.32 Å². The maximum Gasteiger partial charge on any atom is 0.242 e. The van der Waals surface area contributed by atoms with E-state index in [9.17, 15) is 13.2 Å². The molecule has 0 saturated heterocycles. The van der Waals surface area contributed by atoms with Crippen LogP contribution in [0.15, 0.2) is 29.2 Å². The summed E-state index contributed by atoms with van der Waals surface area (Å²) in [6.07, 6.45) is 0.496. The highest BCUT2D eigenvalue weighted by Crippen LogP contribution is 2.18. The molecule has 0 fully saturated rings. The van der Waals surface area contributed by atoms with Crippen molar-refractivity contribution in [1.29, 1.82) is 0 Å². The first-order valence-corrected chi connectivity index (χ1v) is 9.78. The minimum Gasteiger partial charge on any atom is -0.350 e. The van der Waals surface area contributed by atoms with Gasteiger partial charge in [-0.15, -0.1) is 0 Å². The molecule has 7 heteroatoms. The second-order valence-electron chi connectivity index (χ2n) is 5.09. The van der Waals surface area contributed by atoms with Gasteiger partial charge in [0.1, 0.15) is 0 Å². The zero-order valence-corrected chi connectivity index (χ0v) is 15.1. The third-order valence-corrected chi connectivity index (χ3v) is 5.94. The molecule has 0 aliphatic carbocycles. The lowest BCUT2D eigenvalue weighted by Gasteiger charge is -2.16. The van der Waals surface area contributed by atoms with Crippen molar-refractivity contribution in [3.05, 3.63) is 29.8 Å². The number of hydrogen-bond acceptors (Lipinski definition) is 4. The SMILES string of the molecule is CCSCCC(=O)N[C@@H](C)c1ccc(S(=O)(=O)N(C)C)cc1. The van der Waals surface area contributed by atoms with Crippen LogP contribution in [0, 0.1) is 0 Å². The average Bonchev–Trinajstić information content (AvgIpc) is 2.47. The summed E-state index contributed by atoms with van der Waals surface area (Å²) in [5.74, 6) is 1.83. The number of sulfonamides is 1. The molecule has 1 amide bonds. The molecule has 1 N–H and O–H groups in total. The molecule has 22 heavy (non-hydrogen) atoms. The fraction of sp³-hybridized carbons (Fsp3) is 0.533. The third-order valence-electron chi connectivity index (χ3n) is 3.21. The lowest BCUT2D eigenvalue weighted by Crippen LogP contribution is -2.27. The Kier molecular flexibility index (Phi) is 7.38. The fourth-order valence-electron chi connectivity index (χ4n) is 1.85. The molecule has 1 atom stereocenters. The minimum atomic E-state index is -3.41. The van der Waals surface area contributed by atoms with E-state index in [-0.39, 0.29) is 16.8 Å². The smallest absolute Gasteiger partial charge is 0.242 e. The number of benzene rings is 1. The predicted molar refractivity (Wildman–Crippen MR) is 91.5 cm³/mol. The van der Waals surface area contributed by atoms with Crippen LogP contribution >= 0.6 is 11.8 Å². The van der Waals surface area contributed by atoms with Crippen molar-refractivity contribution >= 4 is 27.7 Å². The number of hydrogen-bond donors (Lipinski definition) is 1. The van der Waals surface area contributed by atoms with Gasteiger partial charge in [0.2, 0.25) is 15.9 Å². The average molecular weight is 345 g/mol. The summed E-state index contributed by atoms with van der Waals surface area (Å²) in [6.45, 7) is 3.95. The number of rotatable bonds is 8. The van der Waals surface area contributed by atoms with E-state index >= 15 is 0 Å². The first kappa shape index (κ1) is 19.0. The van der Waals surface area contributed by atoms with Crippen molar-refractivity contribution in [2.24, 2.45) is 0 Å². The quantitative estimate of drug-likeness (QED) is 0.735. The van der Waals surface area contributed by atoms with Gasteiger partial charge in [-0.25, -0.2) is 12.7 Å². The van der Waals surface area contributed by atoms with Gasteiger partial charge in [-0.2, -0.15) is 11.8 Å². The Bertz CT molecular complexity index is 583. The maximum atomic E-state index is 12.0. The summed E-state index contributed by atoms with van der Waals surface area (Å²) in [6, 6.07) is 6.47. The van der Waals surface area contributed by atoms with Gasteiger partial charge in [-0.1, -0.05) is 19.1 Å². The van der Waals surface area contributed by atoms with E-state index in [4.69, 9.17) is 0 Å². The van der Waals surface area contributed by atoms with E-state index in [1.54, 1.807) is 36.0 Å². The molecule has 0 bridgehead atoms. The van der Waals surface area contributed by atoms with E-state index in [0.29, 0.717) is 6.42 Å². The van der Waals surface area contributed by atoms with Crippen molar-refractivity contribution in [2.75, 3.05) is 25.6 Å². The largest absolute Gasteiger partial charge is 0.350 e. The fourth-order valence-corrected chi connectivity index (χ4v) is 3.37. The number of carbonyl (C=O) groups is 1. The first-order chi connectivity index (χ1) is 10.3. The highest BCUT2D eigenvalue weighted by Gasteiger charge is 2.17. The molecule has 124 valence electrons. The molecule has 0 radical (unpaired) electrons. The van der Waals surface area contributed by atoms with Crippen molar-refractivity contribution in [2.45, 2.75) is 31.2 Å². The zero-order chi connectivity index (χ0) is 16.8. The molecule has 0 spiro atoms. The second-order valence-corrected chi connectivity index (χ2v) is 8.64. The number of amides is 1. The Morgan fingerprint density at radius 2 is 1.86 bits per heavy atom. The highest BCUT2D eigenvalue weighted by molar-refractivity contribution is 7.99. The Morgan fingerprint density at radius 1 is 1.27 bits per heavy atom. The van der Waals surface area contributed by atoms with Crippen LogP contribution in [0.3, 0.4) is 0 Å². The Hall–Kier alpha value is -1.05. The van der Waals surface area contributed by atoms with Gasteiger partial charge >= 0.3 is 0 Å². The number of carbonyl (C=O) groups excluding carboxylic acids is 1. The molecule has 1 aromatic rings. The van der Waals surface area contributed by atoms with E-state index in [1.165, 1.54) is 18.4 Å². The lowest BCUT2D eigenvalue weighted by atomic mass is 10.1. The van der Waals surface area contributed by atoms with Crippen molar-refractivity contribution < 1.29 is 13.2 Å². The molecule has 0 aliphatic rings. The Balaban J connectivity index is 2.68. The number of nitrogens with zero attached hydrogens (tertiary/aromatic N) is 1. The van der Waals surface area contributed by atoms with Crippen LogP contribution in [-0.2, 0) is 14.8 Å². The monoisotopic (exact) mass is 344 g/mol. The highest BCUT2D eigenvalue weighted by atomic mass is 32.2. The zero-order valence-electron chi connectivity index (χ0n) is 13.5. The van der Waals surface area contributed by atoms with Crippen molar-refractivity contribution in [3.63, 3.8) is 0 Å². The second kappa shape index (κ2) is 8.55. The van der Waals surface area contributed by atoms with Gasteiger partial charge in [0.15, 0.2) is 0 Å². The Morgan fingerprint density at radius 3 is 2.36 bits per heavy atom. The van der Waals surface area contributed by atoms with Crippen LogP contribution in [0.2, 0.25) is 0 Å². The van der Waals surface area contributed by atoms with Crippen LogP contribution in [-0.4, -0.2) is 44.2 Å². The van der Waals surface area contributed by atoms with Crippen molar-refractivity contribution in [1.82, 2.24) is 9.62 Å². The predicted octanol–water partition coefficient (Wildman–Crippen LogP) is 2.26. The molecule has 1 rings (SSSR count). The summed E-state index contributed by atoms with van der Waals surface area (Å²) < 4.78 is 25.2. The van der Waals surface area contributed by atoms with Crippen LogP contribution in [0.25, 0.3) is 0 Å². The van der Waals surface area contributed by atoms with E-state index in [1.807, 2.05) is 6.92 Å². The topological polar surface area (TPSA) is 66.5 Å². The summed E-state index contributed by atoms with van der Waals surface area (Å²) >= 11 is 1.73. The molecule has 0 unspecified atom stereocenters. The molecule has 1 aromatic carbocycles. The van der Waals surface area contributed by atoms with Crippen LogP contribution in [0.5, 0.6) is 0 Å². The van der Waals surface area contributed by atoms with Gasteiger partial charge in [0.05, 0.1) is 10.9 Å². The van der Waals surface area contributed by atoms with E-state index in [2.05, 4.69) is 12.2 Å². The first-order valence-electron chi connectivity index (χ1n) is 7.18. The van der Waals surface area contributed by atoms with Crippen LogP contribution in [0.1, 0.15) is 31.9 Å². The summed E-state index contributed by atoms with van der Waals surface area (Å²) in [5, 5.41) is 2.92. The van der Waals surface area contributed by atoms with Gasteiger partial charge in [0.25, 0.3) is 0 Å². The minimum absolute atomic E-state index is 0.0124. The van der Waals surface area contributed by atoms with Crippen LogP contribution in [0.4, 0.5) is 0 Å². The maximum absolute atomic E-state index is 12.0. The van der Waals surface area contributed by atoms with Crippen molar-refractivity contribution in [3.8, 4) is 0 Å². The third kappa shape index (κ3) is 5.30. The van der Waals surface area contributed by atoms with Crippen LogP contribution < -0.4 is 5.32 Å². The summed E-state index contributed by atoms with van der Waals surface area (Å²) in [4.78, 5) is 12.0. The number of nitrogens with one attached hydrogen (secondary N) is 1. The molecular weight excluding hydrogens is 320 g/mol. The van der Waals surface area contributed by atoms with Gasteiger partial charge in [-0.05, 0) is 30.4 Å². The molecule has 5 nitrogen and oxygen atoms in total. The summed E-state index contributed by atoms with van der Waals surface area (Å²) in [5.41, 5.74) is 0.884. The standard InChI is InChI=1S/C15H24N2O3S2/c1-5-21-11-10-15(18)16-12(2)13-6-8-14(9-7-13)22(19,20)17(3)4/h6-9,12H,5,10-11H2,1-4H3,(H,16,18)/t12-/m0/s1. The lowest BCUT2D eigenvalue weighted by molar-refractivity contribution is -0.121. The molecule has 0 aromatic heterocycles.